The Morgan fingerprint density at radius 2 is 1.33 bits per heavy atom. The number of carbonyl (C=O) groups excluding carboxylic acids is 4. The minimum absolute atomic E-state index is 0.0573. The molecule has 0 aliphatic heterocycles. The molecule has 1 aromatic heterocycles. The fraction of sp³-hybridized carbons (Fsp3) is 0.100. The Bertz CT molecular complexity index is 1650. The van der Waals surface area contributed by atoms with Gasteiger partial charge in [-0.3, -0.25) is 24.3 Å². The summed E-state index contributed by atoms with van der Waals surface area (Å²) < 4.78 is 0. The van der Waals surface area contributed by atoms with Crippen molar-refractivity contribution < 1.29 is 19.2 Å². The molecule has 0 aliphatic rings. The summed E-state index contributed by atoms with van der Waals surface area (Å²) in [6, 6.07) is 17.6. The van der Waals surface area contributed by atoms with Crippen molar-refractivity contribution in [3.8, 4) is 0 Å². The van der Waals surface area contributed by atoms with E-state index >= 15 is 0 Å². The lowest BCUT2D eigenvalue weighted by Gasteiger charge is -2.10. The molecule has 0 bridgehead atoms. The molecule has 0 atom stereocenters. The molecule has 43 heavy (non-hydrogen) atoms. The predicted molar refractivity (Wildman–Crippen MR) is 168 cm³/mol. The van der Waals surface area contributed by atoms with E-state index in [-0.39, 0.29) is 38.8 Å². The topological polar surface area (TPSA) is 148 Å². The molecule has 0 fully saturated rings. The second-order valence-corrected chi connectivity index (χ2v) is 10.2. The molecule has 0 saturated heterocycles. The first-order valence-electron chi connectivity index (χ1n) is 12.8. The van der Waals surface area contributed by atoms with Crippen LogP contribution in [0.5, 0.6) is 0 Å². The number of hydrogen-bond acceptors (Lipinski definition) is 6. The highest BCUT2D eigenvalue weighted by Crippen LogP contribution is 2.26. The predicted octanol–water partition coefficient (Wildman–Crippen LogP) is 5.53. The molecule has 0 aliphatic carbocycles. The van der Waals surface area contributed by atoms with Crippen LogP contribution in [0.15, 0.2) is 85.1 Å². The number of halogens is 2. The molecule has 4 aromatic rings. The number of likely N-dealkylation sites (N-methyl/N-ethyl adjacent to an activating group) is 1. The molecule has 0 saturated carbocycles. The van der Waals surface area contributed by atoms with Gasteiger partial charge in [-0.1, -0.05) is 35.3 Å². The quantitative estimate of drug-likeness (QED) is 0.147. The highest BCUT2D eigenvalue weighted by Gasteiger charge is 2.20. The van der Waals surface area contributed by atoms with Crippen molar-refractivity contribution in [1.29, 1.82) is 0 Å². The Balaban J connectivity index is 1.32. The van der Waals surface area contributed by atoms with E-state index in [9.17, 15) is 19.2 Å². The standard InChI is InChI=1S/C30H27Cl2N7O4/c1-39(2)16-4-7-25(40)34-19-10-8-18(9-11-19)28(41)35-20-12-14-21(15-13-20)36-30(43)27-24(17-33-38-27)37-29(42)26-22(31)5-3-6-23(26)32/h3-15,17H,16H2,1-2H3,(H,33,38)(H,34,40)(H,35,41)(H,36,43)(H,37,42). The molecule has 3 aromatic carbocycles. The Labute approximate surface area is 257 Å². The molecule has 0 unspecified atom stereocenters. The maximum absolute atomic E-state index is 12.9. The third-order valence-corrected chi connectivity index (χ3v) is 6.48. The number of H-pyrrole nitrogens is 1. The number of carbonyl (C=O) groups is 4. The summed E-state index contributed by atoms with van der Waals surface area (Å²) in [5, 5.41) is 17.6. The molecule has 4 rings (SSSR count). The van der Waals surface area contributed by atoms with Crippen molar-refractivity contribution in [3.05, 3.63) is 112 Å². The van der Waals surface area contributed by atoms with Crippen LogP contribution in [0.25, 0.3) is 0 Å². The van der Waals surface area contributed by atoms with Crippen molar-refractivity contribution in [1.82, 2.24) is 15.1 Å². The molecule has 11 nitrogen and oxygen atoms in total. The van der Waals surface area contributed by atoms with Gasteiger partial charge < -0.3 is 26.2 Å². The first-order chi connectivity index (χ1) is 20.6. The van der Waals surface area contributed by atoms with Gasteiger partial charge in [0.05, 0.1) is 21.3 Å². The van der Waals surface area contributed by atoms with E-state index in [2.05, 4.69) is 31.5 Å². The minimum atomic E-state index is -0.599. The van der Waals surface area contributed by atoms with Gasteiger partial charge in [0, 0.05) is 41.4 Å². The molecule has 0 spiro atoms. The number of nitrogens with one attached hydrogen (secondary N) is 5. The first-order valence-corrected chi connectivity index (χ1v) is 13.6. The molecule has 13 heteroatoms. The molecular weight excluding hydrogens is 593 g/mol. The van der Waals surface area contributed by atoms with Gasteiger partial charge in [-0.15, -0.1) is 0 Å². The summed E-state index contributed by atoms with van der Waals surface area (Å²) in [7, 11) is 3.81. The van der Waals surface area contributed by atoms with Crippen LogP contribution in [0.2, 0.25) is 10.0 Å². The summed E-state index contributed by atoms with van der Waals surface area (Å²) in [6.45, 7) is 0.645. The number of anilines is 4. The van der Waals surface area contributed by atoms with Crippen molar-refractivity contribution in [2.24, 2.45) is 0 Å². The zero-order valence-corrected chi connectivity index (χ0v) is 24.6. The molecule has 220 valence electrons. The zero-order valence-electron chi connectivity index (χ0n) is 23.1. The monoisotopic (exact) mass is 619 g/mol. The fourth-order valence-corrected chi connectivity index (χ4v) is 4.32. The normalized spacial score (nSPS) is 10.9. The van der Waals surface area contributed by atoms with Gasteiger partial charge in [0.2, 0.25) is 5.91 Å². The van der Waals surface area contributed by atoms with E-state index in [1.807, 2.05) is 19.0 Å². The molecule has 5 N–H and O–H groups in total. The highest BCUT2D eigenvalue weighted by atomic mass is 35.5. The van der Waals surface area contributed by atoms with Crippen molar-refractivity contribution in [3.63, 3.8) is 0 Å². The van der Waals surface area contributed by atoms with Crippen LogP contribution in [0.1, 0.15) is 31.2 Å². The average molecular weight is 620 g/mol. The highest BCUT2D eigenvalue weighted by molar-refractivity contribution is 6.40. The van der Waals surface area contributed by atoms with E-state index in [0.29, 0.717) is 29.2 Å². The molecule has 1 heterocycles. The maximum atomic E-state index is 12.9. The van der Waals surface area contributed by atoms with Crippen LogP contribution in [-0.2, 0) is 4.79 Å². The van der Waals surface area contributed by atoms with Crippen LogP contribution in [0.3, 0.4) is 0 Å². The summed E-state index contributed by atoms with van der Waals surface area (Å²) in [4.78, 5) is 52.2. The van der Waals surface area contributed by atoms with E-state index in [0.717, 1.165) is 0 Å². The lowest BCUT2D eigenvalue weighted by molar-refractivity contribution is -0.111. The van der Waals surface area contributed by atoms with Crippen LogP contribution in [-0.4, -0.2) is 59.4 Å². The fourth-order valence-electron chi connectivity index (χ4n) is 3.75. The first kappa shape index (κ1) is 31.0. The summed E-state index contributed by atoms with van der Waals surface area (Å²) in [5.41, 5.74) is 2.02. The van der Waals surface area contributed by atoms with Crippen LogP contribution in [0.4, 0.5) is 22.7 Å². The second-order valence-electron chi connectivity index (χ2n) is 9.42. The van der Waals surface area contributed by atoms with Gasteiger partial charge in [0.25, 0.3) is 17.7 Å². The Morgan fingerprint density at radius 3 is 1.93 bits per heavy atom. The summed E-state index contributed by atoms with van der Waals surface area (Å²) >= 11 is 12.2. The van der Waals surface area contributed by atoms with Gasteiger partial charge in [0.15, 0.2) is 5.69 Å². The van der Waals surface area contributed by atoms with Crippen LogP contribution in [0, 0.1) is 0 Å². The van der Waals surface area contributed by atoms with Gasteiger partial charge in [-0.25, -0.2) is 0 Å². The molecular formula is C30H27Cl2N7O4. The number of rotatable bonds is 10. The van der Waals surface area contributed by atoms with Crippen molar-refractivity contribution in [2.45, 2.75) is 0 Å². The van der Waals surface area contributed by atoms with E-state index in [4.69, 9.17) is 23.2 Å². The number of nitrogens with zero attached hydrogens (tertiary/aromatic N) is 2. The number of hydrogen-bond donors (Lipinski definition) is 5. The lowest BCUT2D eigenvalue weighted by Crippen LogP contribution is -2.18. The summed E-state index contributed by atoms with van der Waals surface area (Å²) in [6.07, 6.45) is 4.57. The van der Waals surface area contributed by atoms with Gasteiger partial charge in [-0.2, -0.15) is 5.10 Å². The van der Waals surface area contributed by atoms with Gasteiger partial charge in [-0.05, 0) is 74.8 Å². The van der Waals surface area contributed by atoms with Crippen LogP contribution < -0.4 is 21.3 Å². The van der Waals surface area contributed by atoms with Crippen LogP contribution >= 0.6 is 23.2 Å². The second kappa shape index (κ2) is 14.3. The summed E-state index contributed by atoms with van der Waals surface area (Å²) in [5.74, 6) is -1.80. The smallest absolute Gasteiger partial charge is 0.278 e. The number of aromatic amines is 1. The Kier molecular flexibility index (Phi) is 10.3. The minimum Gasteiger partial charge on any atom is -0.323 e. The lowest BCUT2D eigenvalue weighted by atomic mass is 10.2. The Hall–Kier alpha value is -4.97. The van der Waals surface area contributed by atoms with E-state index in [1.165, 1.54) is 24.4 Å². The molecule has 0 radical (unpaired) electrons. The maximum Gasteiger partial charge on any atom is 0.278 e. The van der Waals surface area contributed by atoms with Gasteiger partial charge in [0.1, 0.15) is 0 Å². The third-order valence-electron chi connectivity index (χ3n) is 5.85. The largest absolute Gasteiger partial charge is 0.323 e. The van der Waals surface area contributed by atoms with E-state index in [1.54, 1.807) is 60.7 Å². The van der Waals surface area contributed by atoms with Gasteiger partial charge >= 0.3 is 0 Å². The van der Waals surface area contributed by atoms with E-state index < -0.39 is 11.8 Å². The Morgan fingerprint density at radius 1 is 0.767 bits per heavy atom. The zero-order chi connectivity index (χ0) is 30.9. The van der Waals surface area contributed by atoms with Crippen molar-refractivity contribution in [2.75, 3.05) is 41.9 Å². The number of amides is 4. The third kappa shape index (κ3) is 8.52. The number of aromatic nitrogens is 2. The van der Waals surface area contributed by atoms with Crippen molar-refractivity contribution >= 4 is 69.6 Å². The average Bonchev–Trinajstić information content (AvgIpc) is 3.42. The molecule has 4 amide bonds. The number of benzene rings is 3. The SMILES string of the molecule is CN(C)CC=CC(=O)Nc1ccc(C(=O)Nc2ccc(NC(=O)c3n[nH]cc3NC(=O)c3c(Cl)cccc3Cl)cc2)cc1.